The Morgan fingerprint density at radius 1 is 1.26 bits per heavy atom. The van der Waals surface area contributed by atoms with Crippen molar-refractivity contribution in [1.82, 2.24) is 4.90 Å². The van der Waals surface area contributed by atoms with Crippen LogP contribution in [0, 0.1) is 0 Å². The molecule has 0 aliphatic carbocycles. The van der Waals surface area contributed by atoms with Gasteiger partial charge in [0.1, 0.15) is 6.61 Å². The van der Waals surface area contributed by atoms with E-state index in [-0.39, 0.29) is 12.1 Å². The van der Waals surface area contributed by atoms with E-state index in [1.807, 2.05) is 12.1 Å². The molecule has 2 unspecified atom stereocenters. The summed E-state index contributed by atoms with van der Waals surface area (Å²) in [5, 5.41) is 9.87. The van der Waals surface area contributed by atoms with E-state index >= 15 is 0 Å². The van der Waals surface area contributed by atoms with Crippen molar-refractivity contribution in [3.05, 3.63) is 47.7 Å². The van der Waals surface area contributed by atoms with E-state index in [9.17, 15) is 5.11 Å². The second-order valence-corrected chi connectivity index (χ2v) is 5.12. The molecule has 2 aliphatic heterocycles. The molecule has 1 aromatic carbocycles. The van der Waals surface area contributed by atoms with Crippen molar-refractivity contribution in [3.63, 3.8) is 0 Å². The van der Waals surface area contributed by atoms with Crippen molar-refractivity contribution < 1.29 is 14.9 Å². The number of rotatable bonds is 3. The molecule has 1 saturated heterocycles. The van der Waals surface area contributed by atoms with Crippen molar-refractivity contribution >= 4 is 0 Å². The minimum atomic E-state index is -0.248. The lowest BCUT2D eigenvalue weighted by Crippen LogP contribution is -2.44. The SMILES string of the molecule is OC1CCN(Cc2ccccc2)C(C2=CCOO2)C1. The summed E-state index contributed by atoms with van der Waals surface area (Å²) in [7, 11) is 0. The second kappa shape index (κ2) is 5.74. The highest BCUT2D eigenvalue weighted by Crippen LogP contribution is 2.27. The van der Waals surface area contributed by atoms with Crippen LogP contribution in [-0.2, 0) is 16.3 Å². The fourth-order valence-corrected chi connectivity index (χ4v) is 2.74. The smallest absolute Gasteiger partial charge is 0.158 e. The van der Waals surface area contributed by atoms with Gasteiger partial charge in [0.15, 0.2) is 5.76 Å². The largest absolute Gasteiger partial charge is 0.393 e. The molecule has 1 N–H and O–H groups in total. The Morgan fingerprint density at radius 2 is 2.11 bits per heavy atom. The van der Waals surface area contributed by atoms with Crippen LogP contribution >= 0.6 is 0 Å². The fraction of sp³-hybridized carbons (Fsp3) is 0.467. The maximum absolute atomic E-state index is 9.87. The third-order valence-corrected chi connectivity index (χ3v) is 3.75. The molecular formula is C15H19NO3. The minimum absolute atomic E-state index is 0.117. The monoisotopic (exact) mass is 261 g/mol. The molecule has 0 radical (unpaired) electrons. The standard InChI is InChI=1S/C15H19NO3/c17-13-6-8-16(11-12-4-2-1-3-5-12)14(10-13)15-7-9-18-19-15/h1-5,7,13-14,17H,6,8-11H2. The van der Waals surface area contributed by atoms with Crippen molar-refractivity contribution in [3.8, 4) is 0 Å². The first kappa shape index (κ1) is 12.7. The van der Waals surface area contributed by atoms with Gasteiger partial charge < -0.3 is 9.99 Å². The van der Waals surface area contributed by atoms with Crippen LogP contribution in [-0.4, -0.2) is 35.3 Å². The van der Waals surface area contributed by atoms with Gasteiger partial charge in [0.05, 0.1) is 12.1 Å². The molecule has 0 aromatic heterocycles. The molecule has 2 aliphatic rings. The summed E-state index contributed by atoms with van der Waals surface area (Å²) in [4.78, 5) is 12.5. The lowest BCUT2D eigenvalue weighted by molar-refractivity contribution is -0.242. The van der Waals surface area contributed by atoms with E-state index in [2.05, 4.69) is 29.2 Å². The Labute approximate surface area is 113 Å². The van der Waals surface area contributed by atoms with E-state index in [0.29, 0.717) is 13.0 Å². The maximum atomic E-state index is 9.87. The zero-order chi connectivity index (χ0) is 13.1. The summed E-state index contributed by atoms with van der Waals surface area (Å²) in [5.41, 5.74) is 1.28. The first-order chi connectivity index (χ1) is 9.33. The minimum Gasteiger partial charge on any atom is -0.393 e. The van der Waals surface area contributed by atoms with Gasteiger partial charge >= 0.3 is 0 Å². The van der Waals surface area contributed by atoms with Crippen LogP contribution in [0.25, 0.3) is 0 Å². The third kappa shape index (κ3) is 2.97. The molecule has 1 fully saturated rings. The van der Waals surface area contributed by atoms with E-state index in [4.69, 9.17) is 9.78 Å². The van der Waals surface area contributed by atoms with Crippen molar-refractivity contribution in [1.29, 1.82) is 0 Å². The predicted molar refractivity (Wildman–Crippen MR) is 71.0 cm³/mol. The second-order valence-electron chi connectivity index (χ2n) is 5.12. The highest BCUT2D eigenvalue weighted by Gasteiger charge is 2.33. The number of aliphatic hydroxyl groups excluding tert-OH is 1. The van der Waals surface area contributed by atoms with Gasteiger partial charge in [-0.1, -0.05) is 30.3 Å². The molecule has 0 spiro atoms. The summed E-state index contributed by atoms with van der Waals surface area (Å²) >= 11 is 0. The quantitative estimate of drug-likeness (QED) is 0.843. The predicted octanol–water partition coefficient (Wildman–Crippen LogP) is 1.86. The van der Waals surface area contributed by atoms with Crippen molar-refractivity contribution in [2.75, 3.05) is 13.2 Å². The van der Waals surface area contributed by atoms with E-state index < -0.39 is 0 Å². The van der Waals surface area contributed by atoms with Crippen LogP contribution in [0.1, 0.15) is 18.4 Å². The van der Waals surface area contributed by atoms with Crippen molar-refractivity contribution in [2.24, 2.45) is 0 Å². The van der Waals surface area contributed by atoms with Gasteiger partial charge in [0.25, 0.3) is 0 Å². The topological polar surface area (TPSA) is 41.9 Å². The van der Waals surface area contributed by atoms with Gasteiger partial charge in [-0.25, -0.2) is 0 Å². The van der Waals surface area contributed by atoms with Crippen LogP contribution in [0.4, 0.5) is 0 Å². The Balaban J connectivity index is 1.74. The molecule has 4 nitrogen and oxygen atoms in total. The Kier molecular flexibility index (Phi) is 3.82. The first-order valence-electron chi connectivity index (χ1n) is 6.78. The Morgan fingerprint density at radius 3 is 2.84 bits per heavy atom. The Bertz CT molecular complexity index is 446. The molecule has 1 aromatic rings. The number of likely N-dealkylation sites (tertiary alicyclic amines) is 1. The highest BCUT2D eigenvalue weighted by molar-refractivity contribution is 5.16. The normalized spacial score (nSPS) is 27.9. The molecule has 19 heavy (non-hydrogen) atoms. The average molecular weight is 261 g/mol. The molecular weight excluding hydrogens is 242 g/mol. The van der Waals surface area contributed by atoms with Gasteiger partial charge in [-0.3, -0.25) is 4.90 Å². The van der Waals surface area contributed by atoms with Gasteiger partial charge in [0, 0.05) is 13.1 Å². The summed E-state index contributed by atoms with van der Waals surface area (Å²) in [6, 6.07) is 10.5. The summed E-state index contributed by atoms with van der Waals surface area (Å²) < 4.78 is 0. The van der Waals surface area contributed by atoms with E-state index in [1.165, 1.54) is 5.56 Å². The van der Waals surface area contributed by atoms with Crippen LogP contribution in [0.3, 0.4) is 0 Å². The number of hydrogen-bond acceptors (Lipinski definition) is 4. The van der Waals surface area contributed by atoms with Gasteiger partial charge in [-0.2, -0.15) is 4.89 Å². The average Bonchev–Trinajstić information content (AvgIpc) is 2.96. The summed E-state index contributed by atoms with van der Waals surface area (Å²) in [5.74, 6) is 0.842. The van der Waals surface area contributed by atoms with Gasteiger partial charge in [-0.15, -0.1) is 0 Å². The Hall–Kier alpha value is -1.36. The van der Waals surface area contributed by atoms with Gasteiger partial charge in [-0.05, 0) is 24.5 Å². The van der Waals surface area contributed by atoms with E-state index in [0.717, 1.165) is 25.3 Å². The zero-order valence-electron chi connectivity index (χ0n) is 10.9. The molecule has 4 heteroatoms. The van der Waals surface area contributed by atoms with Crippen LogP contribution in [0.2, 0.25) is 0 Å². The number of hydrogen-bond donors (Lipinski definition) is 1. The number of piperidine rings is 1. The number of benzene rings is 1. The number of nitrogens with zero attached hydrogens (tertiary/aromatic N) is 1. The van der Waals surface area contributed by atoms with Gasteiger partial charge in [0.2, 0.25) is 0 Å². The molecule has 0 saturated carbocycles. The molecule has 0 bridgehead atoms. The summed E-state index contributed by atoms with van der Waals surface area (Å²) in [6.07, 6.45) is 3.24. The maximum Gasteiger partial charge on any atom is 0.158 e. The summed E-state index contributed by atoms with van der Waals surface area (Å²) in [6.45, 7) is 2.25. The lowest BCUT2D eigenvalue weighted by Gasteiger charge is -2.37. The molecule has 102 valence electrons. The van der Waals surface area contributed by atoms with Crippen LogP contribution in [0.15, 0.2) is 42.2 Å². The molecule has 2 heterocycles. The highest BCUT2D eigenvalue weighted by atomic mass is 17.2. The van der Waals surface area contributed by atoms with Crippen molar-refractivity contribution in [2.45, 2.75) is 31.5 Å². The molecule has 0 amide bonds. The third-order valence-electron chi connectivity index (χ3n) is 3.75. The van der Waals surface area contributed by atoms with Crippen LogP contribution in [0.5, 0.6) is 0 Å². The van der Waals surface area contributed by atoms with Crippen LogP contribution < -0.4 is 0 Å². The first-order valence-corrected chi connectivity index (χ1v) is 6.78. The van der Waals surface area contributed by atoms with E-state index in [1.54, 1.807) is 0 Å². The number of aliphatic hydroxyl groups is 1. The molecule has 3 rings (SSSR count). The fourth-order valence-electron chi connectivity index (χ4n) is 2.74. The molecule has 2 atom stereocenters. The lowest BCUT2D eigenvalue weighted by atomic mass is 9.97. The zero-order valence-corrected chi connectivity index (χ0v) is 10.9.